The maximum Gasteiger partial charge on any atom is 0.205 e. The minimum absolute atomic E-state index is 0.0789. The van der Waals surface area contributed by atoms with Crippen molar-refractivity contribution in [1.29, 1.82) is 0 Å². The van der Waals surface area contributed by atoms with Crippen molar-refractivity contribution >= 4 is 34.7 Å². The van der Waals surface area contributed by atoms with Gasteiger partial charge in [-0.1, -0.05) is 79.7 Å². The van der Waals surface area contributed by atoms with Crippen LogP contribution in [0.15, 0.2) is 24.3 Å². The summed E-state index contributed by atoms with van der Waals surface area (Å²) in [7, 11) is -6.78. The molecule has 0 aliphatic rings. The second-order valence-corrected chi connectivity index (χ2v) is 26.7. The molecule has 0 spiro atoms. The van der Waals surface area contributed by atoms with Gasteiger partial charge >= 0.3 is 0 Å². The van der Waals surface area contributed by atoms with Crippen molar-refractivity contribution in [2.75, 3.05) is 0 Å². The van der Waals surface area contributed by atoms with E-state index in [0.29, 0.717) is 11.8 Å². The van der Waals surface area contributed by atoms with E-state index in [9.17, 15) is 0 Å². The van der Waals surface area contributed by atoms with Gasteiger partial charge in [0, 0.05) is 0 Å². The average molecular weight is 531 g/mol. The Hall–Kier alpha value is 0.228. The monoisotopic (exact) mass is 530 g/mol. The van der Waals surface area contributed by atoms with Crippen molar-refractivity contribution in [3.05, 3.63) is 24.3 Å². The third-order valence-electron chi connectivity index (χ3n) is 6.62. The zero-order chi connectivity index (χ0) is 26.4. The Kier molecular flexibility index (Phi) is 13.1. The molecule has 0 amide bonds. The smallest absolute Gasteiger partial charge is 0.205 e. The van der Waals surface area contributed by atoms with Gasteiger partial charge in [-0.25, -0.2) is 0 Å². The SMILES string of the molecule is C[C@H](C=CC(O[SiH](C)C)[Si](C)(C)O[Si](C)(C)C(C=C[C@@H](C)C(C)(C)C)O[SiH](C)C)C(C)(C)C. The maximum atomic E-state index is 7.16. The molecule has 0 heterocycles. The van der Waals surface area contributed by atoms with Gasteiger partial charge in [0.2, 0.25) is 16.6 Å². The highest BCUT2D eigenvalue weighted by Gasteiger charge is 2.43. The van der Waals surface area contributed by atoms with Crippen LogP contribution < -0.4 is 0 Å². The Balaban J connectivity index is 5.92. The van der Waals surface area contributed by atoms with E-state index < -0.39 is 34.7 Å². The summed E-state index contributed by atoms with van der Waals surface area (Å²) in [6.07, 6.45) is 9.36. The first-order valence-electron chi connectivity index (χ1n) is 13.0. The van der Waals surface area contributed by atoms with E-state index in [2.05, 4.69) is 132 Å². The van der Waals surface area contributed by atoms with E-state index >= 15 is 0 Å². The summed E-state index contributed by atoms with van der Waals surface area (Å²) >= 11 is 0. The van der Waals surface area contributed by atoms with Crippen molar-refractivity contribution in [2.24, 2.45) is 22.7 Å². The molecule has 0 aromatic carbocycles. The molecule has 0 fully saturated rings. The first-order valence-corrected chi connectivity index (χ1v) is 24.5. The third kappa shape index (κ3) is 12.7. The van der Waals surface area contributed by atoms with Crippen LogP contribution in [0.3, 0.4) is 0 Å². The minimum Gasteiger partial charge on any atom is -0.452 e. The topological polar surface area (TPSA) is 27.7 Å². The van der Waals surface area contributed by atoms with E-state index in [1.807, 2.05) is 0 Å². The highest BCUT2D eigenvalue weighted by Crippen LogP contribution is 2.31. The minimum atomic E-state index is -2.17. The van der Waals surface area contributed by atoms with Gasteiger partial charge in [0.15, 0.2) is 18.1 Å². The summed E-state index contributed by atoms with van der Waals surface area (Å²) in [5.41, 5.74) is 0.642. The molecule has 0 saturated heterocycles. The lowest BCUT2D eigenvalue weighted by molar-refractivity contribution is 0.269. The first kappa shape index (κ1) is 33.2. The summed E-state index contributed by atoms with van der Waals surface area (Å²) in [6.45, 7) is 36.8. The van der Waals surface area contributed by atoms with E-state index in [-0.39, 0.29) is 22.3 Å². The number of allylic oxidation sites excluding steroid dienone is 2. The van der Waals surface area contributed by atoms with Crippen LogP contribution in [0.25, 0.3) is 0 Å². The molecule has 196 valence electrons. The van der Waals surface area contributed by atoms with Crippen molar-refractivity contribution in [2.45, 2.75) is 119 Å². The molecule has 33 heavy (non-hydrogen) atoms. The highest BCUT2D eigenvalue weighted by molar-refractivity contribution is 6.87. The first-order chi connectivity index (χ1) is 14.6. The molecule has 0 aliphatic heterocycles. The highest BCUT2D eigenvalue weighted by atomic mass is 28.4. The fourth-order valence-electron chi connectivity index (χ4n) is 3.37. The van der Waals surface area contributed by atoms with Crippen LogP contribution in [-0.2, 0) is 13.0 Å². The third-order valence-corrected chi connectivity index (χ3v) is 16.4. The van der Waals surface area contributed by atoms with Gasteiger partial charge in [-0.2, -0.15) is 0 Å². The normalized spacial score (nSPS) is 18.5. The van der Waals surface area contributed by atoms with Gasteiger partial charge in [0.25, 0.3) is 0 Å². The van der Waals surface area contributed by atoms with Crippen LogP contribution in [0.1, 0.15) is 55.4 Å². The van der Waals surface area contributed by atoms with Crippen molar-refractivity contribution in [3.8, 4) is 0 Å². The Morgan fingerprint density at radius 1 is 0.576 bits per heavy atom. The second-order valence-electron chi connectivity index (χ2n) is 13.6. The van der Waals surface area contributed by atoms with Gasteiger partial charge in [-0.15, -0.1) is 0 Å². The molecule has 0 aromatic heterocycles. The van der Waals surface area contributed by atoms with Crippen molar-refractivity contribution in [1.82, 2.24) is 0 Å². The summed E-state index contributed by atoms with van der Waals surface area (Å²) < 4.78 is 20.3. The van der Waals surface area contributed by atoms with Crippen LogP contribution in [0.2, 0.25) is 52.4 Å². The van der Waals surface area contributed by atoms with Gasteiger partial charge in [-0.05, 0) is 75.0 Å². The fraction of sp³-hybridized carbons (Fsp3) is 0.846. The second kappa shape index (κ2) is 13.0. The molecule has 3 nitrogen and oxygen atoms in total. The van der Waals surface area contributed by atoms with Crippen LogP contribution in [0.4, 0.5) is 0 Å². The lowest BCUT2D eigenvalue weighted by Crippen LogP contribution is -2.58. The maximum absolute atomic E-state index is 7.16. The van der Waals surface area contributed by atoms with E-state index in [1.165, 1.54) is 0 Å². The predicted molar refractivity (Wildman–Crippen MR) is 159 cm³/mol. The Bertz CT molecular complexity index is 574. The standard InChI is InChI=1S/C26H58O3Si4/c1-21(25(3,4)5)17-19-23(27-30(9)10)32(13,14)29-33(15,16)24(28-31(11)12)20-18-22(2)26(6,7)8/h17-24,30-31H,1-16H3/t21-,22-,23?,24?/m1/s1. The lowest BCUT2D eigenvalue weighted by atomic mass is 9.82. The van der Waals surface area contributed by atoms with E-state index in [0.717, 1.165) is 0 Å². The Morgan fingerprint density at radius 3 is 1.06 bits per heavy atom. The van der Waals surface area contributed by atoms with Gasteiger partial charge in [0.05, 0.1) is 11.5 Å². The molecular weight excluding hydrogens is 473 g/mol. The van der Waals surface area contributed by atoms with Crippen LogP contribution in [-0.4, -0.2) is 46.2 Å². The molecule has 4 atom stereocenters. The predicted octanol–water partition coefficient (Wildman–Crippen LogP) is 7.71. The van der Waals surface area contributed by atoms with E-state index in [1.54, 1.807) is 0 Å². The molecule has 0 saturated carbocycles. The summed E-state index contributed by atoms with van der Waals surface area (Å²) in [6, 6.07) is 0. The number of hydrogen-bond donors (Lipinski definition) is 0. The lowest BCUT2D eigenvalue weighted by Gasteiger charge is -2.42. The quantitative estimate of drug-likeness (QED) is 0.191. The molecule has 0 N–H and O–H groups in total. The average Bonchev–Trinajstić information content (AvgIpc) is 2.58. The van der Waals surface area contributed by atoms with Crippen LogP contribution in [0, 0.1) is 22.7 Å². The largest absolute Gasteiger partial charge is 0.452 e. The molecule has 7 heteroatoms. The fourth-order valence-corrected chi connectivity index (χ4v) is 16.5. The van der Waals surface area contributed by atoms with Crippen LogP contribution >= 0.6 is 0 Å². The molecule has 0 aliphatic carbocycles. The van der Waals surface area contributed by atoms with Crippen molar-refractivity contribution in [3.63, 3.8) is 0 Å². The van der Waals surface area contributed by atoms with Gasteiger partial charge < -0.3 is 13.0 Å². The summed E-state index contributed by atoms with van der Waals surface area (Å²) in [5, 5.41) is 0. The van der Waals surface area contributed by atoms with Gasteiger partial charge in [-0.3, -0.25) is 0 Å². The Morgan fingerprint density at radius 2 is 0.848 bits per heavy atom. The zero-order valence-electron chi connectivity index (χ0n) is 25.0. The van der Waals surface area contributed by atoms with Gasteiger partial charge in [0.1, 0.15) is 0 Å². The van der Waals surface area contributed by atoms with Crippen LogP contribution in [0.5, 0.6) is 0 Å². The molecule has 2 unspecified atom stereocenters. The molecule has 0 radical (unpaired) electrons. The summed E-state index contributed by atoms with van der Waals surface area (Å²) in [4.78, 5) is 0. The zero-order valence-corrected chi connectivity index (χ0v) is 29.3. The molecule has 0 rings (SSSR count). The molecule has 0 bridgehead atoms. The summed E-state index contributed by atoms with van der Waals surface area (Å²) in [5.74, 6) is 0.967. The number of hydrogen-bond acceptors (Lipinski definition) is 3. The number of rotatable bonds is 12. The Labute approximate surface area is 213 Å². The van der Waals surface area contributed by atoms with E-state index in [4.69, 9.17) is 13.0 Å². The van der Waals surface area contributed by atoms with Crippen molar-refractivity contribution < 1.29 is 13.0 Å². The molecule has 0 aromatic rings. The molecular formula is C26H58O3Si4.